The molecule has 226 valence electrons. The lowest BCUT2D eigenvalue weighted by atomic mass is 10.0. The summed E-state index contributed by atoms with van der Waals surface area (Å²) >= 11 is 12.6. The predicted octanol–water partition coefficient (Wildman–Crippen LogP) is 5.70. The fraction of sp³-hybridized carbons (Fsp3) is 0.250. The number of pyridine rings is 2. The van der Waals surface area contributed by atoms with Crippen LogP contribution in [-0.2, 0) is 9.47 Å². The van der Waals surface area contributed by atoms with Crippen molar-refractivity contribution in [1.82, 2.24) is 9.97 Å². The number of nitrogen functional groups attached to an aromatic ring is 2. The van der Waals surface area contributed by atoms with Crippen molar-refractivity contribution in [2.75, 3.05) is 44.4 Å². The second kappa shape index (κ2) is 17.9. The van der Waals surface area contributed by atoms with Gasteiger partial charge in [0.25, 0.3) is 0 Å². The Balaban J connectivity index is 0.000000242. The third kappa shape index (κ3) is 9.84. The average molecular weight is 624 g/mol. The summed E-state index contributed by atoms with van der Waals surface area (Å²) < 4.78 is 11.1. The number of ether oxygens (including phenoxy) is 2. The predicted molar refractivity (Wildman–Crippen MR) is 175 cm³/mol. The summed E-state index contributed by atoms with van der Waals surface area (Å²) in [5, 5.41) is 10.2. The molecule has 0 radical (unpaired) electrons. The van der Waals surface area contributed by atoms with E-state index in [1.54, 1.807) is 36.9 Å². The number of aliphatic hydroxyl groups excluding tert-OH is 1. The van der Waals surface area contributed by atoms with Gasteiger partial charge < -0.3 is 26.0 Å². The zero-order chi connectivity index (χ0) is 31.0. The van der Waals surface area contributed by atoms with Gasteiger partial charge in [-0.2, -0.15) is 0 Å². The smallest absolute Gasteiger partial charge is 0.176 e. The number of aliphatic hydroxyl groups is 1. The van der Waals surface area contributed by atoms with Gasteiger partial charge in [0.15, 0.2) is 6.29 Å². The van der Waals surface area contributed by atoms with E-state index in [4.69, 9.17) is 54.2 Å². The first-order valence-corrected chi connectivity index (χ1v) is 14.5. The highest BCUT2D eigenvalue weighted by Crippen LogP contribution is 2.24. The SMILES string of the molecule is CCOC(CN=C(c1ccncc1N)c1ccccc1Cl)OCC.Nc1cnccc1C(=NCCO)c1ccccc1Cl. The number of hydrogen-bond donors (Lipinski definition) is 3. The number of rotatable bonds is 12. The highest BCUT2D eigenvalue weighted by molar-refractivity contribution is 6.36. The average Bonchev–Trinajstić information content (AvgIpc) is 3.01. The Morgan fingerprint density at radius 3 is 1.63 bits per heavy atom. The zero-order valence-corrected chi connectivity index (χ0v) is 25.7. The molecule has 0 aliphatic rings. The van der Waals surface area contributed by atoms with E-state index in [1.807, 2.05) is 62.4 Å². The molecule has 0 fully saturated rings. The van der Waals surface area contributed by atoms with E-state index < -0.39 is 6.29 Å². The largest absolute Gasteiger partial charge is 0.397 e. The number of halogens is 2. The van der Waals surface area contributed by atoms with E-state index in [9.17, 15) is 0 Å². The third-order valence-corrected chi connectivity index (χ3v) is 6.60. The summed E-state index contributed by atoms with van der Waals surface area (Å²) in [7, 11) is 0. The summed E-state index contributed by atoms with van der Waals surface area (Å²) in [5.41, 5.74) is 17.6. The Bertz CT molecular complexity index is 1410. The van der Waals surface area contributed by atoms with Crippen LogP contribution in [0.5, 0.6) is 0 Å². The molecule has 0 bridgehead atoms. The molecule has 0 unspecified atom stereocenters. The number of nitrogens with two attached hydrogens (primary N) is 2. The van der Waals surface area contributed by atoms with Gasteiger partial charge in [-0.15, -0.1) is 0 Å². The maximum Gasteiger partial charge on any atom is 0.176 e. The number of nitrogens with zero attached hydrogens (tertiary/aromatic N) is 4. The van der Waals surface area contributed by atoms with Gasteiger partial charge in [-0.25, -0.2) is 0 Å². The molecule has 11 heteroatoms. The number of hydrogen-bond acceptors (Lipinski definition) is 9. The molecule has 43 heavy (non-hydrogen) atoms. The first-order valence-electron chi connectivity index (χ1n) is 13.7. The van der Waals surface area contributed by atoms with Gasteiger partial charge >= 0.3 is 0 Å². The van der Waals surface area contributed by atoms with Gasteiger partial charge in [0.05, 0.1) is 54.9 Å². The molecule has 0 saturated carbocycles. The van der Waals surface area contributed by atoms with Gasteiger partial charge in [-0.05, 0) is 38.1 Å². The molecule has 4 rings (SSSR count). The van der Waals surface area contributed by atoms with Crippen molar-refractivity contribution >= 4 is 46.0 Å². The second-order valence-corrected chi connectivity index (χ2v) is 9.68. The number of aromatic nitrogens is 2. The molecule has 2 aromatic carbocycles. The first kappa shape index (κ1) is 33.6. The summed E-state index contributed by atoms with van der Waals surface area (Å²) in [6, 6.07) is 18.5. The molecule has 5 N–H and O–H groups in total. The zero-order valence-electron chi connectivity index (χ0n) is 24.2. The molecule has 0 amide bonds. The van der Waals surface area contributed by atoms with Crippen LogP contribution in [0.2, 0.25) is 10.0 Å². The van der Waals surface area contributed by atoms with Crippen molar-refractivity contribution in [1.29, 1.82) is 0 Å². The molecular weight excluding hydrogens is 587 g/mol. The molecule has 0 aliphatic carbocycles. The van der Waals surface area contributed by atoms with Crippen molar-refractivity contribution in [3.63, 3.8) is 0 Å². The van der Waals surface area contributed by atoms with E-state index in [0.29, 0.717) is 59.1 Å². The highest BCUT2D eigenvalue weighted by Gasteiger charge is 2.16. The monoisotopic (exact) mass is 622 g/mol. The van der Waals surface area contributed by atoms with Gasteiger partial charge in [0.1, 0.15) is 0 Å². The number of aliphatic imine (C=N–C) groups is 2. The minimum Gasteiger partial charge on any atom is -0.397 e. The standard InChI is InChI=1S/C18H22ClN3O2.C14H14ClN3O/c1-3-23-17(24-4-2)12-22-18(13-7-5-6-8-15(13)19)14-9-10-21-11-16(14)20;15-12-4-2-1-3-10(12)14(18-7-8-19)11-5-6-17-9-13(11)16/h5-11,17H,3-4,12,20H2,1-2H3;1-6,9,19H,7-8,16H2. The summed E-state index contributed by atoms with van der Waals surface area (Å²) in [5.74, 6) is 0. The Morgan fingerprint density at radius 2 is 1.21 bits per heavy atom. The lowest BCUT2D eigenvalue weighted by Gasteiger charge is -2.16. The molecule has 0 spiro atoms. The van der Waals surface area contributed by atoms with E-state index in [2.05, 4.69) is 15.0 Å². The van der Waals surface area contributed by atoms with E-state index in [0.717, 1.165) is 22.3 Å². The van der Waals surface area contributed by atoms with Crippen molar-refractivity contribution in [3.8, 4) is 0 Å². The van der Waals surface area contributed by atoms with Crippen molar-refractivity contribution in [2.45, 2.75) is 20.1 Å². The van der Waals surface area contributed by atoms with Crippen LogP contribution in [-0.4, -0.2) is 65.7 Å². The van der Waals surface area contributed by atoms with Gasteiger partial charge in [0.2, 0.25) is 0 Å². The van der Waals surface area contributed by atoms with Gasteiger partial charge in [0, 0.05) is 57.9 Å². The number of benzene rings is 2. The lowest BCUT2D eigenvalue weighted by Crippen LogP contribution is -2.22. The minimum atomic E-state index is -0.402. The van der Waals surface area contributed by atoms with Crippen LogP contribution in [0.1, 0.15) is 36.1 Å². The fourth-order valence-electron chi connectivity index (χ4n) is 4.03. The topological polar surface area (TPSA) is 141 Å². The van der Waals surface area contributed by atoms with Crippen LogP contribution in [0.3, 0.4) is 0 Å². The van der Waals surface area contributed by atoms with Crippen LogP contribution in [0, 0.1) is 0 Å². The third-order valence-electron chi connectivity index (χ3n) is 5.95. The Hall–Kier alpha value is -3.86. The molecule has 4 aromatic rings. The molecule has 9 nitrogen and oxygen atoms in total. The lowest BCUT2D eigenvalue weighted by molar-refractivity contribution is -0.128. The quantitative estimate of drug-likeness (QED) is 0.136. The van der Waals surface area contributed by atoms with E-state index >= 15 is 0 Å². The Kier molecular flexibility index (Phi) is 14.0. The fourth-order valence-corrected chi connectivity index (χ4v) is 4.49. The van der Waals surface area contributed by atoms with Crippen molar-refractivity contribution in [2.24, 2.45) is 9.98 Å². The Morgan fingerprint density at radius 1 is 0.744 bits per heavy atom. The molecule has 0 aliphatic heterocycles. The maximum absolute atomic E-state index is 8.96. The van der Waals surface area contributed by atoms with Crippen LogP contribution < -0.4 is 11.5 Å². The summed E-state index contributed by atoms with van der Waals surface area (Å²) in [6.07, 6.45) is 6.10. The van der Waals surface area contributed by atoms with E-state index in [-0.39, 0.29) is 6.61 Å². The summed E-state index contributed by atoms with van der Waals surface area (Å²) in [4.78, 5) is 17.1. The second-order valence-electron chi connectivity index (χ2n) is 8.87. The molecule has 0 saturated heterocycles. The normalized spacial score (nSPS) is 11.8. The first-order chi connectivity index (χ1) is 20.9. The maximum atomic E-state index is 8.96. The van der Waals surface area contributed by atoms with Crippen molar-refractivity contribution < 1.29 is 14.6 Å². The van der Waals surface area contributed by atoms with Gasteiger partial charge in [-0.3, -0.25) is 20.0 Å². The Labute approximate surface area is 262 Å². The summed E-state index contributed by atoms with van der Waals surface area (Å²) in [6.45, 7) is 5.57. The molecule has 0 atom stereocenters. The number of anilines is 2. The van der Waals surface area contributed by atoms with Crippen LogP contribution >= 0.6 is 23.2 Å². The minimum absolute atomic E-state index is 0.0288. The van der Waals surface area contributed by atoms with Crippen LogP contribution in [0.15, 0.2) is 95.4 Å². The van der Waals surface area contributed by atoms with E-state index in [1.165, 1.54) is 0 Å². The molecule has 2 heterocycles. The van der Waals surface area contributed by atoms with Crippen LogP contribution in [0.4, 0.5) is 11.4 Å². The van der Waals surface area contributed by atoms with Gasteiger partial charge in [-0.1, -0.05) is 59.6 Å². The highest BCUT2D eigenvalue weighted by atomic mass is 35.5. The molecular formula is C32H36Cl2N6O3. The van der Waals surface area contributed by atoms with Crippen LogP contribution in [0.25, 0.3) is 0 Å². The van der Waals surface area contributed by atoms with Crippen molar-refractivity contribution in [3.05, 3.63) is 118 Å². The molecule has 2 aromatic heterocycles.